The first-order chi connectivity index (χ1) is 9.31. The summed E-state index contributed by atoms with van der Waals surface area (Å²) in [6, 6.07) is 6.11. The smallest absolute Gasteiger partial charge is 0.325 e. The minimum absolute atomic E-state index is 0.0602. The SMILES string of the molecule is CCCC(CCC)(C(=O)O)S(=O)(=O)c1ccc(Br)cc1. The van der Waals surface area contributed by atoms with Crippen LogP contribution in [0.4, 0.5) is 0 Å². The Hall–Kier alpha value is -0.880. The molecule has 0 aliphatic rings. The molecule has 6 heteroatoms. The minimum atomic E-state index is -3.92. The van der Waals surface area contributed by atoms with Crippen molar-refractivity contribution in [1.82, 2.24) is 0 Å². The highest BCUT2D eigenvalue weighted by Crippen LogP contribution is 2.35. The Balaban J connectivity index is 3.44. The Morgan fingerprint density at radius 2 is 1.60 bits per heavy atom. The van der Waals surface area contributed by atoms with Crippen molar-refractivity contribution in [2.45, 2.75) is 49.2 Å². The van der Waals surface area contributed by atoms with Gasteiger partial charge in [0.25, 0.3) is 0 Å². The zero-order valence-electron chi connectivity index (χ0n) is 11.6. The number of halogens is 1. The predicted molar refractivity (Wildman–Crippen MR) is 81.5 cm³/mol. The highest BCUT2D eigenvalue weighted by atomic mass is 79.9. The standard InChI is InChI=1S/C14H19BrO4S/c1-3-9-14(10-4-2,13(16)17)20(18,19)12-7-5-11(15)6-8-12/h5-8H,3-4,9-10H2,1-2H3,(H,16,17). The lowest BCUT2D eigenvalue weighted by Crippen LogP contribution is -2.46. The maximum Gasteiger partial charge on any atom is 0.325 e. The molecule has 0 aliphatic carbocycles. The van der Waals surface area contributed by atoms with Gasteiger partial charge < -0.3 is 5.11 Å². The van der Waals surface area contributed by atoms with E-state index in [4.69, 9.17) is 0 Å². The molecule has 0 saturated heterocycles. The van der Waals surface area contributed by atoms with E-state index in [0.29, 0.717) is 12.8 Å². The van der Waals surface area contributed by atoms with Gasteiger partial charge >= 0.3 is 5.97 Å². The van der Waals surface area contributed by atoms with Crippen LogP contribution in [0, 0.1) is 0 Å². The molecule has 20 heavy (non-hydrogen) atoms. The van der Waals surface area contributed by atoms with Crippen LogP contribution >= 0.6 is 15.9 Å². The number of benzene rings is 1. The van der Waals surface area contributed by atoms with Gasteiger partial charge in [0.2, 0.25) is 0 Å². The van der Waals surface area contributed by atoms with Gasteiger partial charge in [0.1, 0.15) is 0 Å². The first-order valence-corrected chi connectivity index (χ1v) is 8.83. The van der Waals surface area contributed by atoms with E-state index >= 15 is 0 Å². The molecule has 1 aromatic carbocycles. The van der Waals surface area contributed by atoms with Gasteiger partial charge in [0, 0.05) is 4.47 Å². The normalized spacial score (nSPS) is 12.3. The van der Waals surface area contributed by atoms with Gasteiger partial charge in [0.05, 0.1) is 4.90 Å². The molecule has 0 atom stereocenters. The summed E-state index contributed by atoms with van der Waals surface area (Å²) in [6.07, 6.45) is 1.24. The predicted octanol–water partition coefficient (Wildman–Crippen LogP) is 3.65. The Morgan fingerprint density at radius 3 is 1.95 bits per heavy atom. The summed E-state index contributed by atoms with van der Waals surface area (Å²) in [6.45, 7) is 3.59. The highest BCUT2D eigenvalue weighted by molar-refractivity contribution is 9.10. The van der Waals surface area contributed by atoms with Crippen LogP contribution in [0.5, 0.6) is 0 Å². The fourth-order valence-electron chi connectivity index (χ4n) is 2.37. The van der Waals surface area contributed by atoms with E-state index in [1.165, 1.54) is 12.1 Å². The summed E-state index contributed by atoms with van der Waals surface area (Å²) in [5.41, 5.74) is 0. The van der Waals surface area contributed by atoms with E-state index in [1.54, 1.807) is 26.0 Å². The molecule has 0 aliphatic heterocycles. The number of hydrogen-bond donors (Lipinski definition) is 1. The molecule has 0 heterocycles. The first-order valence-electron chi connectivity index (χ1n) is 6.55. The number of aliphatic carboxylic acids is 1. The van der Waals surface area contributed by atoms with Gasteiger partial charge in [-0.1, -0.05) is 42.6 Å². The largest absolute Gasteiger partial charge is 0.480 e. The third-order valence-corrected chi connectivity index (χ3v) is 6.37. The molecule has 0 fully saturated rings. The summed E-state index contributed by atoms with van der Waals surface area (Å²) in [4.78, 5) is 11.8. The average molecular weight is 363 g/mol. The van der Waals surface area contributed by atoms with E-state index in [0.717, 1.165) is 4.47 Å². The number of carboxylic acids is 1. The third-order valence-electron chi connectivity index (χ3n) is 3.34. The molecule has 0 saturated carbocycles. The molecule has 0 spiro atoms. The van der Waals surface area contributed by atoms with Crippen LogP contribution in [0.25, 0.3) is 0 Å². The Bertz CT molecular complexity index is 557. The summed E-state index contributed by atoms with van der Waals surface area (Å²) >= 11 is 3.24. The van der Waals surface area contributed by atoms with E-state index in [-0.39, 0.29) is 17.7 Å². The van der Waals surface area contributed by atoms with Gasteiger partial charge in [-0.15, -0.1) is 0 Å². The van der Waals surface area contributed by atoms with Crippen LogP contribution in [-0.2, 0) is 14.6 Å². The molecule has 0 bridgehead atoms. The summed E-state index contributed by atoms with van der Waals surface area (Å²) in [5, 5.41) is 9.55. The second kappa shape index (κ2) is 6.72. The molecular formula is C14H19BrO4S. The van der Waals surface area contributed by atoms with E-state index in [1.807, 2.05) is 0 Å². The minimum Gasteiger partial charge on any atom is -0.480 e. The Kier molecular flexibility index (Phi) is 5.77. The lowest BCUT2D eigenvalue weighted by atomic mass is 9.97. The fourth-order valence-corrected chi connectivity index (χ4v) is 4.76. The van der Waals surface area contributed by atoms with E-state index in [9.17, 15) is 18.3 Å². The molecule has 1 aromatic rings. The molecule has 112 valence electrons. The van der Waals surface area contributed by atoms with Crippen molar-refractivity contribution in [2.75, 3.05) is 0 Å². The molecular weight excluding hydrogens is 344 g/mol. The quantitative estimate of drug-likeness (QED) is 0.803. The van der Waals surface area contributed by atoms with Crippen molar-refractivity contribution in [1.29, 1.82) is 0 Å². The van der Waals surface area contributed by atoms with Crippen LogP contribution in [0.3, 0.4) is 0 Å². The molecule has 1 rings (SSSR count). The van der Waals surface area contributed by atoms with Crippen LogP contribution in [-0.4, -0.2) is 24.2 Å². The number of hydrogen-bond acceptors (Lipinski definition) is 3. The van der Waals surface area contributed by atoms with Crippen molar-refractivity contribution in [2.24, 2.45) is 0 Å². The van der Waals surface area contributed by atoms with Crippen LogP contribution in [0.2, 0.25) is 0 Å². The number of sulfone groups is 1. The molecule has 0 amide bonds. The monoisotopic (exact) mass is 362 g/mol. The fraction of sp³-hybridized carbons (Fsp3) is 0.500. The van der Waals surface area contributed by atoms with E-state index in [2.05, 4.69) is 15.9 Å². The van der Waals surface area contributed by atoms with Crippen LogP contribution < -0.4 is 0 Å². The first kappa shape index (κ1) is 17.2. The molecule has 0 aromatic heterocycles. The molecule has 0 radical (unpaired) electrons. The maximum atomic E-state index is 12.8. The third kappa shape index (κ3) is 3.06. The van der Waals surface area contributed by atoms with Gasteiger partial charge in [0.15, 0.2) is 14.6 Å². The Morgan fingerprint density at radius 1 is 1.15 bits per heavy atom. The second-order valence-electron chi connectivity index (χ2n) is 4.76. The zero-order chi connectivity index (χ0) is 15.4. The number of rotatable bonds is 7. The van der Waals surface area contributed by atoms with Crippen molar-refractivity contribution in [3.63, 3.8) is 0 Å². The topological polar surface area (TPSA) is 71.4 Å². The summed E-state index contributed by atoms with van der Waals surface area (Å²) < 4.78 is 24.6. The van der Waals surface area contributed by atoms with Crippen molar-refractivity contribution in [3.8, 4) is 0 Å². The lowest BCUT2D eigenvalue weighted by Gasteiger charge is -2.28. The Labute approximate surface area is 128 Å². The maximum absolute atomic E-state index is 12.8. The van der Waals surface area contributed by atoms with Crippen LogP contribution in [0.15, 0.2) is 33.6 Å². The van der Waals surface area contributed by atoms with Gasteiger partial charge in [-0.25, -0.2) is 8.42 Å². The van der Waals surface area contributed by atoms with Gasteiger partial charge in [-0.3, -0.25) is 4.79 Å². The highest BCUT2D eigenvalue weighted by Gasteiger charge is 2.50. The molecule has 1 N–H and O–H groups in total. The zero-order valence-corrected chi connectivity index (χ0v) is 14.0. The van der Waals surface area contributed by atoms with Gasteiger partial charge in [-0.05, 0) is 37.1 Å². The van der Waals surface area contributed by atoms with Crippen molar-refractivity contribution >= 4 is 31.7 Å². The van der Waals surface area contributed by atoms with Gasteiger partial charge in [-0.2, -0.15) is 0 Å². The lowest BCUT2D eigenvalue weighted by molar-refractivity contribution is -0.140. The molecule has 4 nitrogen and oxygen atoms in total. The number of carboxylic acid groups (broad SMARTS) is 1. The summed E-state index contributed by atoms with van der Waals surface area (Å²) in [5.74, 6) is -1.26. The second-order valence-corrected chi connectivity index (χ2v) is 7.93. The summed E-state index contributed by atoms with van der Waals surface area (Å²) in [7, 11) is -3.92. The van der Waals surface area contributed by atoms with Crippen molar-refractivity contribution < 1.29 is 18.3 Å². The molecule has 0 unspecified atom stereocenters. The number of carbonyl (C=O) groups is 1. The average Bonchev–Trinajstić information content (AvgIpc) is 2.38. The van der Waals surface area contributed by atoms with Crippen LogP contribution in [0.1, 0.15) is 39.5 Å². The van der Waals surface area contributed by atoms with Crippen molar-refractivity contribution in [3.05, 3.63) is 28.7 Å². The van der Waals surface area contributed by atoms with E-state index < -0.39 is 20.6 Å².